The fraction of sp³-hybridized carbons (Fsp3) is 0.588. The van der Waals surface area contributed by atoms with Gasteiger partial charge < -0.3 is 11.1 Å². The second kappa shape index (κ2) is 7.98. The van der Waals surface area contributed by atoms with Crippen molar-refractivity contribution in [1.82, 2.24) is 4.72 Å². The summed E-state index contributed by atoms with van der Waals surface area (Å²) in [5.74, 6) is 0.0682. The van der Waals surface area contributed by atoms with Gasteiger partial charge in [0.25, 0.3) is 0 Å². The molecule has 1 fully saturated rings. The number of amides is 1. The van der Waals surface area contributed by atoms with Gasteiger partial charge in [-0.25, -0.2) is 13.1 Å². The smallest absolute Gasteiger partial charge is 0.248 e. The number of hydrogen-bond acceptors (Lipinski definition) is 4. The maximum absolute atomic E-state index is 11.9. The molecule has 6 nitrogen and oxygen atoms in total. The van der Waals surface area contributed by atoms with Crippen LogP contribution in [0.3, 0.4) is 0 Å². The van der Waals surface area contributed by atoms with E-state index in [9.17, 15) is 13.2 Å². The summed E-state index contributed by atoms with van der Waals surface area (Å²) in [4.78, 5) is 11.2. The van der Waals surface area contributed by atoms with Crippen LogP contribution in [0.1, 0.15) is 49.9 Å². The SMILES string of the molecule is CC(C)S(=O)(=O)N[C@H]1CC[C@H](CNc2cccc(C(N)=O)c2)CC1. The number of benzene rings is 1. The van der Waals surface area contributed by atoms with Gasteiger partial charge in [0.15, 0.2) is 0 Å². The lowest BCUT2D eigenvalue weighted by atomic mass is 9.86. The highest BCUT2D eigenvalue weighted by Gasteiger charge is 2.26. The third-order valence-electron chi connectivity index (χ3n) is 4.54. The summed E-state index contributed by atoms with van der Waals surface area (Å²) in [6.07, 6.45) is 3.68. The number of carbonyl (C=O) groups is 1. The van der Waals surface area contributed by atoms with Crippen molar-refractivity contribution in [3.8, 4) is 0 Å². The Kier molecular flexibility index (Phi) is 6.23. The molecule has 1 saturated carbocycles. The number of nitrogens with one attached hydrogen (secondary N) is 2. The summed E-state index contributed by atoms with van der Waals surface area (Å²) in [5, 5.41) is 2.95. The van der Waals surface area contributed by atoms with Crippen LogP contribution < -0.4 is 15.8 Å². The Morgan fingerprint density at radius 2 is 1.92 bits per heavy atom. The Bertz CT molecular complexity index is 665. The molecule has 4 N–H and O–H groups in total. The van der Waals surface area contributed by atoms with Gasteiger partial charge in [-0.05, 0) is 63.6 Å². The molecule has 0 aliphatic heterocycles. The van der Waals surface area contributed by atoms with Gasteiger partial charge >= 0.3 is 0 Å². The highest BCUT2D eigenvalue weighted by Crippen LogP contribution is 2.25. The van der Waals surface area contributed by atoms with Crippen LogP contribution >= 0.6 is 0 Å². The molecule has 7 heteroatoms. The zero-order valence-electron chi connectivity index (χ0n) is 14.3. The summed E-state index contributed by atoms with van der Waals surface area (Å²) >= 11 is 0. The van der Waals surface area contributed by atoms with Crippen molar-refractivity contribution in [3.05, 3.63) is 29.8 Å². The van der Waals surface area contributed by atoms with E-state index in [-0.39, 0.29) is 6.04 Å². The molecule has 0 saturated heterocycles. The third-order valence-corrected chi connectivity index (χ3v) is 6.44. The van der Waals surface area contributed by atoms with E-state index in [2.05, 4.69) is 10.0 Å². The molecule has 0 radical (unpaired) electrons. The second-order valence-corrected chi connectivity index (χ2v) is 9.02. The summed E-state index contributed by atoms with van der Waals surface area (Å²) in [6.45, 7) is 4.20. The van der Waals surface area contributed by atoms with E-state index in [1.54, 1.807) is 32.0 Å². The molecule has 2 rings (SSSR count). The molecule has 1 aromatic rings. The molecule has 1 aliphatic carbocycles. The maximum atomic E-state index is 11.9. The predicted octanol–water partition coefficient (Wildman–Crippen LogP) is 2.08. The van der Waals surface area contributed by atoms with Crippen molar-refractivity contribution in [3.63, 3.8) is 0 Å². The Labute approximate surface area is 144 Å². The Balaban J connectivity index is 1.79. The summed E-state index contributed by atoms with van der Waals surface area (Å²) in [5.41, 5.74) is 6.66. The lowest BCUT2D eigenvalue weighted by Crippen LogP contribution is -2.41. The van der Waals surface area contributed by atoms with Crippen LogP contribution in [-0.2, 0) is 10.0 Å². The average Bonchev–Trinajstić information content (AvgIpc) is 2.54. The topological polar surface area (TPSA) is 101 Å². The van der Waals surface area contributed by atoms with Gasteiger partial charge in [0.05, 0.1) is 5.25 Å². The van der Waals surface area contributed by atoms with Crippen LogP contribution in [0.5, 0.6) is 0 Å². The van der Waals surface area contributed by atoms with Crippen LogP contribution in [0.25, 0.3) is 0 Å². The van der Waals surface area contributed by atoms with Crippen molar-refractivity contribution in [2.45, 2.75) is 50.8 Å². The monoisotopic (exact) mass is 353 g/mol. The second-order valence-electron chi connectivity index (χ2n) is 6.76. The molecule has 0 bridgehead atoms. The van der Waals surface area contributed by atoms with Crippen molar-refractivity contribution in [2.24, 2.45) is 11.7 Å². The van der Waals surface area contributed by atoms with Gasteiger partial charge in [-0.15, -0.1) is 0 Å². The van der Waals surface area contributed by atoms with Crippen LogP contribution in [0.2, 0.25) is 0 Å². The highest BCUT2D eigenvalue weighted by molar-refractivity contribution is 7.90. The van der Waals surface area contributed by atoms with Gasteiger partial charge in [0.2, 0.25) is 15.9 Å². The number of nitrogens with two attached hydrogens (primary N) is 1. The standard InChI is InChI=1S/C17H27N3O3S/c1-12(2)24(22,23)20-15-8-6-13(7-9-15)11-19-16-5-3-4-14(10-16)17(18)21/h3-5,10,12-13,15,19-20H,6-9,11H2,1-2H3,(H2,18,21)/t13-,15-. The Morgan fingerprint density at radius 1 is 1.25 bits per heavy atom. The van der Waals surface area contributed by atoms with Gasteiger partial charge in [-0.3, -0.25) is 4.79 Å². The van der Waals surface area contributed by atoms with Crippen molar-refractivity contribution >= 4 is 21.6 Å². The van der Waals surface area contributed by atoms with Gasteiger partial charge in [0.1, 0.15) is 0 Å². The van der Waals surface area contributed by atoms with Gasteiger partial charge in [-0.1, -0.05) is 6.07 Å². The fourth-order valence-corrected chi connectivity index (χ4v) is 3.87. The molecule has 0 unspecified atom stereocenters. The van der Waals surface area contributed by atoms with E-state index in [1.807, 2.05) is 6.07 Å². The maximum Gasteiger partial charge on any atom is 0.248 e. The Morgan fingerprint density at radius 3 is 2.50 bits per heavy atom. The predicted molar refractivity (Wildman–Crippen MR) is 96.4 cm³/mol. The molecule has 1 aromatic carbocycles. The molecule has 1 amide bonds. The van der Waals surface area contributed by atoms with Crippen molar-refractivity contribution < 1.29 is 13.2 Å². The first-order valence-corrected chi connectivity index (χ1v) is 9.97. The minimum absolute atomic E-state index is 0.0480. The molecule has 0 heterocycles. The van der Waals surface area contributed by atoms with E-state index in [4.69, 9.17) is 5.73 Å². The first kappa shape index (κ1) is 18.7. The highest BCUT2D eigenvalue weighted by atomic mass is 32.2. The molecule has 0 aromatic heterocycles. The van der Waals surface area contributed by atoms with Crippen LogP contribution in [0, 0.1) is 5.92 Å². The fourth-order valence-electron chi connectivity index (χ4n) is 2.90. The van der Waals surface area contributed by atoms with E-state index in [1.165, 1.54) is 0 Å². The number of anilines is 1. The number of sulfonamides is 1. The van der Waals surface area contributed by atoms with Crippen molar-refractivity contribution in [1.29, 1.82) is 0 Å². The minimum atomic E-state index is -3.19. The summed E-state index contributed by atoms with van der Waals surface area (Å²) in [7, 11) is -3.19. The third kappa shape index (κ3) is 5.21. The number of carbonyl (C=O) groups excluding carboxylic acids is 1. The van der Waals surface area contributed by atoms with E-state index in [0.717, 1.165) is 37.9 Å². The molecule has 134 valence electrons. The first-order chi connectivity index (χ1) is 11.3. The number of primary amides is 1. The number of rotatable bonds is 7. The molecule has 24 heavy (non-hydrogen) atoms. The van der Waals surface area contributed by atoms with E-state index >= 15 is 0 Å². The quantitative estimate of drug-likeness (QED) is 0.698. The Hall–Kier alpha value is -1.60. The lowest BCUT2D eigenvalue weighted by molar-refractivity contribution is 0.100. The number of hydrogen-bond donors (Lipinski definition) is 3. The zero-order chi connectivity index (χ0) is 17.7. The van der Waals surface area contributed by atoms with Gasteiger partial charge in [-0.2, -0.15) is 0 Å². The molecular formula is C17H27N3O3S. The summed E-state index contributed by atoms with van der Waals surface area (Å²) in [6, 6.07) is 7.21. The van der Waals surface area contributed by atoms with Crippen molar-refractivity contribution in [2.75, 3.05) is 11.9 Å². The first-order valence-electron chi connectivity index (χ1n) is 8.43. The van der Waals surface area contributed by atoms with E-state index < -0.39 is 21.2 Å². The van der Waals surface area contributed by atoms with Crippen LogP contribution in [0.4, 0.5) is 5.69 Å². The average molecular weight is 353 g/mol. The summed E-state index contributed by atoms with van der Waals surface area (Å²) < 4.78 is 26.6. The molecular weight excluding hydrogens is 326 g/mol. The van der Waals surface area contributed by atoms with Gasteiger partial charge in [0, 0.05) is 23.8 Å². The zero-order valence-corrected chi connectivity index (χ0v) is 15.1. The van der Waals surface area contributed by atoms with Crippen LogP contribution in [-0.4, -0.2) is 32.2 Å². The van der Waals surface area contributed by atoms with Crippen LogP contribution in [0.15, 0.2) is 24.3 Å². The molecule has 1 aliphatic rings. The normalized spacial score (nSPS) is 21.6. The molecule has 0 atom stereocenters. The molecule has 0 spiro atoms. The minimum Gasteiger partial charge on any atom is -0.385 e. The largest absolute Gasteiger partial charge is 0.385 e. The lowest BCUT2D eigenvalue weighted by Gasteiger charge is -2.29. The van der Waals surface area contributed by atoms with E-state index in [0.29, 0.717) is 11.5 Å².